The molecule has 2 aliphatic rings. The van der Waals surface area contributed by atoms with Gasteiger partial charge in [-0.05, 0) is 54.8 Å². The van der Waals surface area contributed by atoms with Crippen LogP contribution in [0, 0.1) is 23.2 Å². The van der Waals surface area contributed by atoms with Crippen LogP contribution in [-0.2, 0) is 36.5 Å². The van der Waals surface area contributed by atoms with Gasteiger partial charge < -0.3 is 28.6 Å². The van der Waals surface area contributed by atoms with Gasteiger partial charge in [0.15, 0.2) is 51.0 Å². The number of nitrogens with one attached hydrogen (secondary N) is 3. The van der Waals surface area contributed by atoms with E-state index in [9.17, 15) is 24.8 Å². The summed E-state index contributed by atoms with van der Waals surface area (Å²) in [7, 11) is -9.86. The van der Waals surface area contributed by atoms with E-state index < -0.39 is 78.5 Å². The Morgan fingerprint density at radius 3 is 2.24 bits per heavy atom. The van der Waals surface area contributed by atoms with Gasteiger partial charge in [-0.25, -0.2) is 24.5 Å². The molecule has 2 amide bonds. The van der Waals surface area contributed by atoms with E-state index in [0.29, 0.717) is 16.7 Å². The second kappa shape index (κ2) is 21.4. The van der Waals surface area contributed by atoms with Crippen molar-refractivity contribution in [3.8, 4) is 6.07 Å². The van der Waals surface area contributed by atoms with Gasteiger partial charge in [0.1, 0.15) is 12.4 Å². The van der Waals surface area contributed by atoms with E-state index in [2.05, 4.69) is 108 Å². The fourth-order valence-corrected chi connectivity index (χ4v) is 12.2. The largest absolute Gasteiger partial charge is 0.475 e. The molecule has 1 aliphatic carbocycles. The molecule has 5 heterocycles. The highest BCUT2D eigenvalue weighted by Gasteiger charge is 2.54. The number of carbonyl (C=O) groups excluding carboxylic acids is 2. The lowest BCUT2D eigenvalue weighted by molar-refractivity contribution is -0.118. The fourth-order valence-electron chi connectivity index (χ4n) is 8.07. The number of phosphoric ester groups is 1. The maximum absolute atomic E-state index is 15.4. The fraction of sp³-hybridized carbons (Fsp3) is 0.596. The van der Waals surface area contributed by atoms with Crippen molar-refractivity contribution in [1.29, 1.82) is 5.26 Å². The van der Waals surface area contributed by atoms with Crippen LogP contribution in [0.1, 0.15) is 97.3 Å². The average Bonchev–Trinajstić information content (AvgIpc) is 4.10. The van der Waals surface area contributed by atoms with Crippen molar-refractivity contribution in [2.24, 2.45) is 11.8 Å². The lowest BCUT2D eigenvalue weighted by atomic mass is 10.1. The first-order valence-electron chi connectivity index (χ1n) is 24.1. The predicted octanol–water partition coefficient (Wildman–Crippen LogP) is 7.87. The summed E-state index contributed by atoms with van der Waals surface area (Å²) >= 11 is 0. The maximum atomic E-state index is 15.4. The number of carbonyl (C=O) groups is 2. The third kappa shape index (κ3) is 11.8. The average molecular weight is 1050 g/mol. The smallest absolute Gasteiger partial charge is 0.411 e. The minimum atomic E-state index is -4.70. The summed E-state index contributed by atoms with van der Waals surface area (Å²) in [4.78, 5) is 64.3. The van der Waals surface area contributed by atoms with E-state index in [4.69, 9.17) is 27.2 Å². The molecule has 0 bridgehead atoms. The van der Waals surface area contributed by atoms with Gasteiger partial charge in [-0.3, -0.25) is 42.8 Å². The van der Waals surface area contributed by atoms with E-state index >= 15 is 4.57 Å². The summed E-state index contributed by atoms with van der Waals surface area (Å²) in [5.41, 5.74) is 0.601. The van der Waals surface area contributed by atoms with E-state index in [0.717, 1.165) is 0 Å². The number of fused-ring (bicyclic) bond motifs is 2. The number of aromatic amines is 1. The molecular weight excluding hydrogens is 982 g/mol. The van der Waals surface area contributed by atoms with Crippen LogP contribution in [0.2, 0.25) is 36.3 Å². The summed E-state index contributed by atoms with van der Waals surface area (Å²) < 4.78 is 58.4. The zero-order chi connectivity index (χ0) is 52.6. The summed E-state index contributed by atoms with van der Waals surface area (Å²) in [5, 5.41) is 25.5. The predicted molar refractivity (Wildman–Crippen MR) is 273 cm³/mol. The maximum Gasteiger partial charge on any atom is 0.475 e. The molecule has 1 saturated carbocycles. The summed E-state index contributed by atoms with van der Waals surface area (Å²) in [6, 6.07) is 9.92. The Kier molecular flexibility index (Phi) is 16.3. The van der Waals surface area contributed by atoms with Crippen LogP contribution in [0.5, 0.6) is 0 Å². The van der Waals surface area contributed by atoms with Gasteiger partial charge in [0.05, 0.1) is 62.7 Å². The zero-order valence-electron chi connectivity index (χ0n) is 43.0. The van der Waals surface area contributed by atoms with Crippen LogP contribution in [0.3, 0.4) is 0 Å². The van der Waals surface area contributed by atoms with Crippen molar-refractivity contribution in [2.75, 3.05) is 30.5 Å². The topological polar surface area (TPSA) is 282 Å². The number of phosphoric acid groups is 1. The van der Waals surface area contributed by atoms with E-state index in [1.54, 1.807) is 53.6 Å². The first-order chi connectivity index (χ1) is 33.8. The number of amides is 2. The van der Waals surface area contributed by atoms with Crippen molar-refractivity contribution in [1.82, 2.24) is 39.0 Å². The van der Waals surface area contributed by atoms with Crippen molar-refractivity contribution in [3.05, 3.63) is 65.2 Å². The number of hydrogen-bond acceptors (Lipinski definition) is 17. The Balaban J connectivity index is 1.23. The molecular formula is C47H68N11O11PSi2. The molecule has 0 spiro atoms. The van der Waals surface area contributed by atoms with Gasteiger partial charge >= 0.3 is 7.82 Å². The molecule has 72 heavy (non-hydrogen) atoms. The molecule has 1 aliphatic heterocycles. The standard InChI is InChI=1S/C47H68N11O11PSi2/c1-28(2)41(60)55-45-54-40-35(43(62)56-45)52-26-57(40)32-21-30(23-59)36(69-72(11,12)47(6,7)8)37(32)67-70(63,64-20-16-19-48)65-24-31-22-33(68-71(9,10)46(3,4)5)44(66-31)58-27-51-34-38(49-25-50-39(34)58)53-42(61)29-17-14-13-15-18-29/h13-15,17-18,25-28,30-33,36-37,44,59H,16,20-24H2,1-12H3,(H,49,50,53,61)(H2,54,55,56,60,62)/t30-,31-,32-,33-,36-,37+,44-,70?/m1/s1. The second-order valence-corrected chi connectivity index (χ2v) is 32.8. The number of benzene rings is 1. The van der Waals surface area contributed by atoms with Crippen LogP contribution in [0.25, 0.3) is 22.3 Å². The van der Waals surface area contributed by atoms with Gasteiger partial charge in [-0.1, -0.05) is 73.6 Å². The lowest BCUT2D eigenvalue weighted by Gasteiger charge is -2.41. The van der Waals surface area contributed by atoms with Crippen molar-refractivity contribution in [2.45, 2.75) is 148 Å². The number of anilines is 2. The second-order valence-electron chi connectivity index (χ2n) is 21.7. The highest BCUT2D eigenvalue weighted by atomic mass is 31.2. The van der Waals surface area contributed by atoms with E-state index in [-0.39, 0.29) is 83.9 Å². The number of rotatable bonds is 19. The number of imidazole rings is 2. The molecule has 1 aromatic carbocycles. The summed E-state index contributed by atoms with van der Waals surface area (Å²) in [5.74, 6) is -1.63. The molecule has 8 atom stereocenters. The number of ether oxygens (including phenoxy) is 1. The number of hydrogen-bond donors (Lipinski definition) is 4. The highest BCUT2D eigenvalue weighted by molar-refractivity contribution is 7.48. The van der Waals surface area contributed by atoms with Crippen LogP contribution >= 0.6 is 7.82 Å². The molecule has 5 aromatic rings. The van der Waals surface area contributed by atoms with Crippen molar-refractivity contribution in [3.63, 3.8) is 0 Å². The van der Waals surface area contributed by atoms with Gasteiger partial charge in [0.25, 0.3) is 11.5 Å². The van der Waals surface area contributed by atoms with Gasteiger partial charge in [0, 0.05) is 30.4 Å². The van der Waals surface area contributed by atoms with Gasteiger partial charge in [-0.15, -0.1) is 0 Å². The number of nitrogens with zero attached hydrogens (tertiary/aromatic N) is 8. The molecule has 2 fully saturated rings. The number of aliphatic hydroxyl groups is 1. The quantitative estimate of drug-likeness (QED) is 0.0348. The molecule has 1 unspecified atom stereocenters. The SMILES string of the molecule is CC(C)C(=O)Nc1nc2c(ncn2[C@@H]2C[C@H](CO)[C@@H](O[Si](C)(C)C(C)(C)C)[C@H]2OP(=O)(OCCC#N)OC[C@H]2C[C@@H](O[Si](C)(C)C(C)(C)C)[C@H](n3cnc4c(NC(=O)c5ccccc5)ncnc43)O2)c(=O)[nH]1. The minimum Gasteiger partial charge on any atom is -0.411 e. The van der Waals surface area contributed by atoms with Crippen molar-refractivity contribution >= 4 is 70.4 Å². The normalized spacial score (nSPS) is 22.9. The Bertz CT molecular complexity index is 2890. The van der Waals surface area contributed by atoms with Gasteiger partial charge in [0.2, 0.25) is 11.9 Å². The molecule has 1 saturated heterocycles. The third-order valence-corrected chi connectivity index (χ3v) is 24.6. The lowest BCUT2D eigenvalue weighted by Crippen LogP contribution is -2.49. The first-order valence-corrected chi connectivity index (χ1v) is 31.4. The van der Waals surface area contributed by atoms with Crippen LogP contribution in [0.4, 0.5) is 11.8 Å². The van der Waals surface area contributed by atoms with Crippen LogP contribution in [-0.4, -0.2) is 117 Å². The Labute approximate surface area is 420 Å². The Morgan fingerprint density at radius 2 is 1.58 bits per heavy atom. The Morgan fingerprint density at radius 1 is 0.917 bits per heavy atom. The number of nitriles is 1. The minimum absolute atomic E-state index is 0.0250. The number of aromatic nitrogens is 8. The third-order valence-electron chi connectivity index (χ3n) is 14.2. The van der Waals surface area contributed by atoms with Crippen LogP contribution in [0.15, 0.2) is 54.1 Å². The van der Waals surface area contributed by atoms with Gasteiger partial charge in [-0.2, -0.15) is 10.2 Å². The zero-order valence-corrected chi connectivity index (χ0v) is 45.9. The number of H-pyrrole nitrogens is 1. The monoisotopic (exact) mass is 1050 g/mol. The van der Waals surface area contributed by atoms with Crippen molar-refractivity contribution < 1.29 is 46.4 Å². The summed E-state index contributed by atoms with van der Waals surface area (Å²) in [6.45, 7) is 23.4. The molecule has 0 radical (unpaired) electrons. The molecule has 22 nitrogen and oxygen atoms in total. The first kappa shape index (κ1) is 54.7. The highest BCUT2D eigenvalue weighted by Crippen LogP contribution is 2.57. The molecule has 4 aromatic heterocycles. The Hall–Kier alpha value is -5.07. The van der Waals surface area contributed by atoms with E-state index in [1.165, 1.54) is 12.7 Å². The molecule has 25 heteroatoms. The number of aliphatic hydroxyl groups excluding tert-OH is 1. The summed E-state index contributed by atoms with van der Waals surface area (Å²) in [6.07, 6.45) is 0.387. The van der Waals surface area contributed by atoms with Crippen LogP contribution < -0.4 is 16.2 Å². The molecule has 4 N–H and O–H groups in total. The van der Waals surface area contributed by atoms with E-state index in [1.807, 2.05) is 12.1 Å². The molecule has 390 valence electrons. The molecule has 7 rings (SSSR count).